The number of nitrogens with zero attached hydrogens (tertiary/aromatic N) is 5. The van der Waals surface area contributed by atoms with Crippen LogP contribution in [0.4, 0.5) is 0 Å². The van der Waals surface area contributed by atoms with Gasteiger partial charge in [0, 0.05) is 119 Å². The number of phenols is 1. The van der Waals surface area contributed by atoms with Gasteiger partial charge in [0.2, 0.25) is 100 Å². The number of rotatable bonds is 26. The average Bonchev–Trinajstić information content (AvgIpc) is 1.65. The Hall–Kier alpha value is -13.3. The highest BCUT2D eigenvalue weighted by Gasteiger charge is 2.47. The second kappa shape index (κ2) is 49.6. The highest BCUT2D eigenvalue weighted by molar-refractivity contribution is 8.00. The predicted octanol–water partition coefficient (Wildman–Crippen LogP) is -4.16. The van der Waals surface area contributed by atoms with Crippen LogP contribution in [0.15, 0.2) is 85.2 Å². The van der Waals surface area contributed by atoms with Gasteiger partial charge in [-0.05, 0) is 99.4 Å². The summed E-state index contributed by atoms with van der Waals surface area (Å²) in [4.78, 5) is 284. The molecule has 44 nitrogen and oxygen atoms in total. The summed E-state index contributed by atoms with van der Waals surface area (Å²) in [6.45, 7) is 2.30. The van der Waals surface area contributed by atoms with Crippen molar-refractivity contribution in [2.45, 2.75) is 227 Å². The van der Waals surface area contributed by atoms with Crippen molar-refractivity contribution in [2.24, 2.45) is 22.9 Å². The van der Waals surface area contributed by atoms with Crippen LogP contribution in [0.1, 0.15) is 134 Å². The van der Waals surface area contributed by atoms with E-state index in [4.69, 9.17) is 22.9 Å². The molecule has 0 radical (unpaired) electrons. The molecule has 0 saturated carbocycles. The monoisotopic (exact) mass is 1860 g/mol. The standard InChI is InChI=1S/C87H121N21O23S/c1-7-9-20-65-80(124)97-56(28-30-72(114)115)76(120)103-64(75(119)94-42-70(91)112)44-132-45-71(113)95-60(34-47-23-25-50(109)26-24-47)83(127)104(4)46(3)74(118)100-62(38-73(116)117)86(130)107-33-15-22-66(107)81(125)102-63(39-89)79(123)98-58(27-29-69(90)111)85(129)108-43-51(110)37-68(108)82(126)99-59(35-48-40-92-54-18-13-11-16-52(48)54)78(122)96-57(31-32-88)77(121)101-61(36-49-41-93-55-19-14-12-17-53(49)55)84(128)106(6)67(21-10-8-2)87(131)105(65)5/h11-14,16-19,23-26,40-41,46,51,56-68,92-93,109-110H,7-10,15,20-22,27-39,42-45,88-89H2,1-6H3,(H2,90,111)(H2,91,112)(H,94,119)(H,95,113)(H,96,122)(H,97,124)(H,98,123)(H,99,126)(H,100,118)(H,101,121)(H,102,125)(H,103,120)(H,114,115)(H,116,117)/t46-,51+,56-,57-,58-,59-,60-,61-,62-,63-,64-,65-,66-,67-,68-/m0/s1. The summed E-state index contributed by atoms with van der Waals surface area (Å²) in [6, 6.07) is -3.61. The van der Waals surface area contributed by atoms with Crippen LogP contribution < -0.4 is 76.1 Å². The molecule has 5 aromatic rings. The minimum absolute atomic E-state index is 0.0391. The van der Waals surface area contributed by atoms with E-state index in [1.807, 2.05) is 6.92 Å². The maximum Gasteiger partial charge on any atom is 0.305 e. The van der Waals surface area contributed by atoms with Crippen molar-refractivity contribution in [3.63, 3.8) is 0 Å². The van der Waals surface area contributed by atoms with E-state index in [-0.39, 0.29) is 76.6 Å². The summed E-state index contributed by atoms with van der Waals surface area (Å²) in [5.74, 6) is -21.6. The summed E-state index contributed by atoms with van der Waals surface area (Å²) in [5.41, 5.74) is 25.9. The molecule has 0 spiro atoms. The van der Waals surface area contributed by atoms with Gasteiger partial charge in [-0.25, -0.2) is 0 Å². The van der Waals surface area contributed by atoms with Crippen molar-refractivity contribution >= 4 is 146 Å². The number of likely N-dealkylation sites (N-methyl/N-ethyl adjacent to an activating group) is 3. The van der Waals surface area contributed by atoms with E-state index in [0.717, 1.165) is 31.5 Å². The normalized spacial score (nSPS) is 25.0. The van der Waals surface area contributed by atoms with Gasteiger partial charge in [-0.3, -0.25) is 91.1 Å². The molecule has 132 heavy (non-hydrogen) atoms. The maximum atomic E-state index is 15.8. The Kier molecular flexibility index (Phi) is 39.1. The fourth-order valence-electron chi connectivity index (χ4n) is 16.0. The minimum atomic E-state index is -1.94. The Morgan fingerprint density at radius 3 is 1.61 bits per heavy atom. The van der Waals surface area contributed by atoms with Crippen molar-refractivity contribution in [1.82, 2.24) is 87.6 Å². The van der Waals surface area contributed by atoms with Crippen LogP contribution in [0.3, 0.4) is 0 Å². The predicted molar refractivity (Wildman–Crippen MR) is 478 cm³/mol. The topological polar surface area (TPSA) is 677 Å². The summed E-state index contributed by atoms with van der Waals surface area (Å²) in [5, 5.41) is 68.4. The first-order valence-electron chi connectivity index (χ1n) is 43.7. The number of benzene rings is 3. The first-order chi connectivity index (χ1) is 62.8. The Bertz CT molecular complexity index is 5010. The van der Waals surface area contributed by atoms with Gasteiger partial charge in [0.25, 0.3) is 0 Å². The third-order valence-corrected chi connectivity index (χ3v) is 24.5. The molecule has 3 aromatic carbocycles. The van der Waals surface area contributed by atoms with Crippen molar-refractivity contribution in [3.05, 3.63) is 102 Å². The summed E-state index contributed by atoms with van der Waals surface area (Å²) < 4.78 is 0. The number of carboxylic acid groups (broad SMARTS) is 2. The number of carboxylic acids is 2. The molecule has 45 heteroatoms. The second-order valence-corrected chi connectivity index (χ2v) is 34.1. The quantitative estimate of drug-likeness (QED) is 0.0250. The Morgan fingerprint density at radius 1 is 0.500 bits per heavy atom. The fourth-order valence-corrected chi connectivity index (χ4v) is 16.9. The molecule has 3 fully saturated rings. The number of hydrogen-bond donors (Lipinski definition) is 20. The molecule has 17 amide bonds. The Balaban J connectivity index is 1.19. The van der Waals surface area contributed by atoms with Crippen LogP contribution in [-0.2, 0) is 110 Å². The van der Waals surface area contributed by atoms with Crippen LogP contribution in [0.5, 0.6) is 5.75 Å². The number of aliphatic hydroxyl groups excluding tert-OH is 1. The third kappa shape index (κ3) is 28.8. The second-order valence-electron chi connectivity index (χ2n) is 33.1. The molecule has 0 unspecified atom stereocenters. The van der Waals surface area contributed by atoms with Crippen LogP contribution in [0.25, 0.3) is 21.8 Å². The van der Waals surface area contributed by atoms with E-state index < -0.39 is 273 Å². The van der Waals surface area contributed by atoms with E-state index in [0.29, 0.717) is 69.5 Å². The summed E-state index contributed by atoms with van der Waals surface area (Å²) >= 11 is 0.690. The van der Waals surface area contributed by atoms with Gasteiger partial charge in [-0.15, -0.1) is 11.8 Å². The lowest BCUT2D eigenvalue weighted by atomic mass is 9.99. The SMILES string of the molecule is CCCC[C@H]1C(=O)N(C)[C@@H](CCCC)C(=O)N[C@@H](CCC(=O)O)C(=O)N[C@H](C(=O)NCC(N)=O)CSCC(=O)N[C@@H](Cc2ccc(O)cc2)C(=O)N(C)[C@@H](C)C(=O)N[C@@H](CC(=O)O)C(=O)N2CCC[C@H]2C(=O)N[C@@H](CN)C(=O)N[C@@H](CCC(N)=O)C(=O)N2C[C@H](O)C[C@H]2C(=O)N[C@@H](Cc2c[nH]c3ccccc23)C(=O)N[C@@H](CCN)C(=O)N[C@@H](Cc2c[nH]c3ccccc23)C(=O)N1C. The van der Waals surface area contributed by atoms with Crippen molar-refractivity contribution in [2.75, 3.05) is 65.4 Å². The largest absolute Gasteiger partial charge is 0.508 e. The number of para-hydroxylation sites is 2. The lowest BCUT2D eigenvalue weighted by molar-refractivity contribution is -0.149. The number of carbonyl (C=O) groups is 19. The van der Waals surface area contributed by atoms with Gasteiger partial charge in [-0.2, -0.15) is 0 Å². The molecule has 0 aliphatic carbocycles. The number of phenolic OH excluding ortho intramolecular Hbond substituents is 1. The summed E-state index contributed by atoms with van der Waals surface area (Å²) in [6.07, 6.45) is -2.16. The molecule has 0 bridgehead atoms. The number of amides is 17. The molecule has 8 rings (SSSR count). The first kappa shape index (κ1) is 104. The lowest BCUT2D eigenvalue weighted by Crippen LogP contribution is -2.61. The molecule has 3 saturated heterocycles. The van der Waals surface area contributed by atoms with Gasteiger partial charge >= 0.3 is 11.9 Å². The number of thioether (sulfide) groups is 1. The number of aromatic amines is 2. The van der Waals surface area contributed by atoms with Gasteiger partial charge in [0.1, 0.15) is 90.3 Å². The number of hydrogen-bond acceptors (Lipinski definition) is 24. The number of carbonyl (C=O) groups excluding carboxylic acids is 17. The molecule has 15 atom stereocenters. The number of aromatic nitrogens is 2. The lowest BCUT2D eigenvalue weighted by Gasteiger charge is -2.36. The molecule has 3 aliphatic heterocycles. The maximum absolute atomic E-state index is 15.8. The number of aromatic hydroxyl groups is 1. The van der Waals surface area contributed by atoms with Crippen molar-refractivity contribution < 1.29 is 112 Å². The van der Waals surface area contributed by atoms with Gasteiger partial charge < -0.3 is 131 Å². The smallest absolute Gasteiger partial charge is 0.305 e. The number of H-pyrrole nitrogens is 2. The van der Waals surface area contributed by atoms with E-state index in [1.54, 1.807) is 67.8 Å². The zero-order valence-corrected chi connectivity index (χ0v) is 75.2. The van der Waals surface area contributed by atoms with Gasteiger partial charge in [-0.1, -0.05) is 88.1 Å². The number of primary amides is 2. The van der Waals surface area contributed by atoms with Crippen LogP contribution in [-0.4, -0.2) is 323 Å². The minimum Gasteiger partial charge on any atom is -0.508 e. The average molecular weight is 1860 g/mol. The molecular weight excluding hydrogens is 1740 g/mol. The number of nitrogens with two attached hydrogens (primary N) is 4. The zero-order valence-electron chi connectivity index (χ0n) is 74.4. The number of aliphatic hydroxyl groups is 1. The van der Waals surface area contributed by atoms with Crippen LogP contribution in [0, 0.1) is 0 Å². The number of aliphatic carboxylic acids is 2. The van der Waals surface area contributed by atoms with E-state index in [9.17, 15) is 78.0 Å². The van der Waals surface area contributed by atoms with Crippen molar-refractivity contribution in [1.29, 1.82) is 0 Å². The molecule has 2 aromatic heterocycles. The highest BCUT2D eigenvalue weighted by atomic mass is 32.2. The number of unbranched alkanes of at least 4 members (excludes halogenated alkanes) is 2. The van der Waals surface area contributed by atoms with Gasteiger partial charge in [0.05, 0.1) is 24.8 Å². The first-order valence-corrected chi connectivity index (χ1v) is 44.9. The number of nitrogens with one attached hydrogen (secondary N) is 12. The van der Waals surface area contributed by atoms with Crippen LogP contribution >= 0.6 is 11.8 Å². The molecule has 718 valence electrons. The molecule has 5 heterocycles. The van der Waals surface area contributed by atoms with Crippen molar-refractivity contribution in [3.8, 4) is 5.75 Å². The van der Waals surface area contributed by atoms with Gasteiger partial charge in [0.15, 0.2) is 0 Å². The van der Waals surface area contributed by atoms with E-state index in [1.165, 1.54) is 45.3 Å². The summed E-state index contributed by atoms with van der Waals surface area (Å²) in [7, 11) is 3.77. The fraction of sp³-hybridized carbons (Fsp3) is 0.529. The third-order valence-electron chi connectivity index (χ3n) is 23.5. The molecule has 3 aliphatic rings. The molecule has 24 N–H and O–H groups in total. The molecular formula is C87H121N21O23S. The van der Waals surface area contributed by atoms with E-state index >= 15 is 33.6 Å². The van der Waals surface area contributed by atoms with Crippen LogP contribution in [0.2, 0.25) is 0 Å². The Morgan fingerprint density at radius 2 is 1.01 bits per heavy atom. The van der Waals surface area contributed by atoms with E-state index in [2.05, 4.69) is 63.1 Å². The number of fused-ring (bicyclic) bond motifs is 4. The highest BCUT2D eigenvalue weighted by Crippen LogP contribution is 2.28. The zero-order chi connectivity index (χ0) is 96.9. The Labute approximate surface area is 764 Å².